The van der Waals surface area contributed by atoms with Gasteiger partial charge in [0.05, 0.1) is 12.2 Å². The Morgan fingerprint density at radius 3 is 2.38 bits per heavy atom. The SMILES string of the molecule is CCOC(=O)CCCCCCC(=O)c1cc(F)ccc1F. The fourth-order valence-corrected chi connectivity index (χ4v) is 1.99. The van der Waals surface area contributed by atoms with E-state index in [0.717, 1.165) is 31.0 Å². The molecule has 0 aliphatic carbocycles. The van der Waals surface area contributed by atoms with Crippen LogP contribution in [-0.4, -0.2) is 18.4 Å². The standard InChI is InChI=1S/C16H20F2O3/c1-2-21-16(20)8-6-4-3-5-7-15(19)13-11-12(17)9-10-14(13)18/h9-11H,2-8H2,1H3. The van der Waals surface area contributed by atoms with Crippen molar-refractivity contribution in [3.63, 3.8) is 0 Å². The number of ketones is 1. The van der Waals surface area contributed by atoms with Crippen LogP contribution in [0.4, 0.5) is 8.78 Å². The van der Waals surface area contributed by atoms with Crippen molar-refractivity contribution in [1.29, 1.82) is 0 Å². The fraction of sp³-hybridized carbons (Fsp3) is 0.500. The van der Waals surface area contributed by atoms with Crippen molar-refractivity contribution in [3.8, 4) is 0 Å². The summed E-state index contributed by atoms with van der Waals surface area (Å²) in [6.45, 7) is 2.14. The van der Waals surface area contributed by atoms with E-state index in [0.29, 0.717) is 25.9 Å². The number of rotatable bonds is 9. The van der Waals surface area contributed by atoms with Gasteiger partial charge in [0.2, 0.25) is 0 Å². The van der Waals surface area contributed by atoms with Crippen molar-refractivity contribution in [2.24, 2.45) is 0 Å². The largest absolute Gasteiger partial charge is 0.466 e. The average Bonchev–Trinajstić information content (AvgIpc) is 2.45. The van der Waals surface area contributed by atoms with Gasteiger partial charge in [-0.2, -0.15) is 0 Å². The lowest BCUT2D eigenvalue weighted by atomic mass is 10.0. The van der Waals surface area contributed by atoms with Crippen LogP contribution >= 0.6 is 0 Å². The maximum atomic E-state index is 13.4. The highest BCUT2D eigenvalue weighted by Crippen LogP contribution is 2.14. The van der Waals surface area contributed by atoms with E-state index in [2.05, 4.69) is 0 Å². The molecule has 0 fully saturated rings. The maximum Gasteiger partial charge on any atom is 0.305 e. The summed E-state index contributed by atoms with van der Waals surface area (Å²) in [5.74, 6) is -1.91. The predicted octanol–water partition coefficient (Wildman–Crippen LogP) is 4.05. The van der Waals surface area contributed by atoms with Crippen molar-refractivity contribution in [2.75, 3.05) is 6.61 Å². The van der Waals surface area contributed by atoms with Crippen LogP contribution in [-0.2, 0) is 9.53 Å². The number of unbranched alkanes of at least 4 members (excludes halogenated alkanes) is 3. The van der Waals surface area contributed by atoms with E-state index in [1.54, 1.807) is 6.92 Å². The number of benzene rings is 1. The molecule has 116 valence electrons. The number of hydrogen-bond acceptors (Lipinski definition) is 3. The van der Waals surface area contributed by atoms with E-state index < -0.39 is 17.4 Å². The van der Waals surface area contributed by atoms with Crippen LogP contribution in [0.5, 0.6) is 0 Å². The number of carbonyl (C=O) groups excluding carboxylic acids is 2. The topological polar surface area (TPSA) is 43.4 Å². The predicted molar refractivity (Wildman–Crippen MR) is 75.0 cm³/mol. The zero-order valence-electron chi connectivity index (χ0n) is 12.2. The van der Waals surface area contributed by atoms with Crippen molar-refractivity contribution >= 4 is 11.8 Å². The number of Topliss-reactive ketones (excluding diaryl/α,β-unsaturated/α-hetero) is 1. The highest BCUT2D eigenvalue weighted by molar-refractivity contribution is 5.96. The van der Waals surface area contributed by atoms with E-state index in [1.807, 2.05) is 0 Å². The summed E-state index contributed by atoms with van der Waals surface area (Å²) < 4.78 is 31.1. The minimum atomic E-state index is -0.691. The van der Waals surface area contributed by atoms with E-state index >= 15 is 0 Å². The molecule has 0 aliphatic heterocycles. The normalized spacial score (nSPS) is 10.4. The Labute approximate surface area is 123 Å². The molecular formula is C16H20F2O3. The molecule has 0 amide bonds. The lowest BCUT2D eigenvalue weighted by molar-refractivity contribution is -0.143. The first kappa shape index (κ1) is 17.3. The van der Waals surface area contributed by atoms with Crippen molar-refractivity contribution in [2.45, 2.75) is 45.4 Å². The van der Waals surface area contributed by atoms with Crippen LogP contribution in [0.1, 0.15) is 55.8 Å². The smallest absolute Gasteiger partial charge is 0.305 e. The third kappa shape index (κ3) is 6.47. The van der Waals surface area contributed by atoms with E-state index in [-0.39, 0.29) is 18.0 Å². The van der Waals surface area contributed by atoms with E-state index in [4.69, 9.17) is 4.74 Å². The molecule has 0 aliphatic rings. The first-order chi connectivity index (χ1) is 10.0. The molecule has 0 unspecified atom stereocenters. The average molecular weight is 298 g/mol. The highest BCUT2D eigenvalue weighted by Gasteiger charge is 2.12. The molecule has 3 nitrogen and oxygen atoms in total. The first-order valence-corrected chi connectivity index (χ1v) is 7.18. The van der Waals surface area contributed by atoms with Crippen LogP contribution in [0.25, 0.3) is 0 Å². The Morgan fingerprint density at radius 1 is 1.05 bits per heavy atom. The number of esters is 1. The van der Waals surface area contributed by atoms with Gasteiger partial charge < -0.3 is 4.74 Å². The van der Waals surface area contributed by atoms with Crippen LogP contribution in [0.15, 0.2) is 18.2 Å². The summed E-state index contributed by atoms with van der Waals surface area (Å²) in [4.78, 5) is 22.8. The number of hydrogen-bond donors (Lipinski definition) is 0. The molecule has 0 saturated carbocycles. The molecule has 1 aromatic rings. The van der Waals surface area contributed by atoms with Gasteiger partial charge in [0.15, 0.2) is 5.78 Å². The van der Waals surface area contributed by atoms with Crippen LogP contribution in [0, 0.1) is 11.6 Å². The van der Waals surface area contributed by atoms with Gasteiger partial charge in [-0.05, 0) is 38.0 Å². The van der Waals surface area contributed by atoms with E-state index in [1.165, 1.54) is 0 Å². The Morgan fingerprint density at radius 2 is 1.71 bits per heavy atom. The summed E-state index contributed by atoms with van der Waals surface area (Å²) in [7, 11) is 0. The third-order valence-corrected chi connectivity index (χ3v) is 3.07. The van der Waals surface area contributed by atoms with E-state index in [9.17, 15) is 18.4 Å². The quantitative estimate of drug-likeness (QED) is 0.392. The lowest BCUT2D eigenvalue weighted by Crippen LogP contribution is -2.04. The second kappa shape index (κ2) is 9.21. The molecule has 0 bridgehead atoms. The van der Waals surface area contributed by atoms with Crippen molar-refractivity contribution in [3.05, 3.63) is 35.4 Å². The molecule has 1 aromatic carbocycles. The zero-order chi connectivity index (χ0) is 15.7. The van der Waals surface area contributed by atoms with Crippen molar-refractivity contribution in [1.82, 2.24) is 0 Å². The number of halogens is 2. The van der Waals surface area contributed by atoms with Gasteiger partial charge >= 0.3 is 5.97 Å². The van der Waals surface area contributed by atoms with Crippen LogP contribution in [0.3, 0.4) is 0 Å². The number of ether oxygens (including phenoxy) is 1. The Bertz CT molecular complexity index is 486. The minimum Gasteiger partial charge on any atom is -0.466 e. The highest BCUT2D eigenvalue weighted by atomic mass is 19.1. The molecule has 0 spiro atoms. The summed E-state index contributed by atoms with van der Waals surface area (Å²) in [5.41, 5.74) is -0.193. The van der Waals surface area contributed by atoms with Gasteiger partial charge in [-0.15, -0.1) is 0 Å². The molecule has 0 N–H and O–H groups in total. The minimum absolute atomic E-state index is 0.180. The third-order valence-electron chi connectivity index (χ3n) is 3.07. The number of carbonyl (C=O) groups is 2. The Kier molecular flexibility index (Phi) is 7.58. The van der Waals surface area contributed by atoms with Gasteiger partial charge in [-0.1, -0.05) is 12.8 Å². The molecule has 0 heterocycles. The van der Waals surface area contributed by atoms with Gasteiger partial charge in [-0.3, -0.25) is 9.59 Å². The van der Waals surface area contributed by atoms with Gasteiger partial charge in [-0.25, -0.2) is 8.78 Å². The fourth-order valence-electron chi connectivity index (χ4n) is 1.99. The maximum absolute atomic E-state index is 13.4. The monoisotopic (exact) mass is 298 g/mol. The van der Waals surface area contributed by atoms with Crippen molar-refractivity contribution < 1.29 is 23.1 Å². The van der Waals surface area contributed by atoms with Gasteiger partial charge in [0.1, 0.15) is 11.6 Å². The van der Waals surface area contributed by atoms with Crippen LogP contribution in [0.2, 0.25) is 0 Å². The molecule has 5 heteroatoms. The second-order valence-corrected chi connectivity index (χ2v) is 4.77. The summed E-state index contributed by atoms with van der Waals surface area (Å²) >= 11 is 0. The molecule has 0 saturated heterocycles. The molecule has 0 radical (unpaired) electrons. The van der Waals surface area contributed by atoms with Gasteiger partial charge in [0, 0.05) is 12.8 Å². The molecular weight excluding hydrogens is 278 g/mol. The Hall–Kier alpha value is -1.78. The van der Waals surface area contributed by atoms with Crippen LogP contribution < -0.4 is 0 Å². The second-order valence-electron chi connectivity index (χ2n) is 4.77. The zero-order valence-corrected chi connectivity index (χ0v) is 12.2. The molecule has 1 rings (SSSR count). The lowest BCUT2D eigenvalue weighted by Gasteiger charge is -2.04. The summed E-state index contributed by atoms with van der Waals surface area (Å²) in [5, 5.41) is 0. The Balaban J connectivity index is 2.22. The summed E-state index contributed by atoms with van der Waals surface area (Å²) in [6, 6.07) is 2.88. The first-order valence-electron chi connectivity index (χ1n) is 7.18. The summed E-state index contributed by atoms with van der Waals surface area (Å²) in [6.07, 6.45) is 3.43. The molecule has 0 aromatic heterocycles. The van der Waals surface area contributed by atoms with Gasteiger partial charge in [0.25, 0.3) is 0 Å². The molecule has 0 atom stereocenters. The molecule has 21 heavy (non-hydrogen) atoms.